The summed E-state index contributed by atoms with van der Waals surface area (Å²) in [7, 11) is 0. The number of halogens is 1. The molecule has 9 rings (SSSR count). The molecule has 13 heteroatoms. The fourth-order valence-corrected chi connectivity index (χ4v) is 10.0. The van der Waals surface area contributed by atoms with Gasteiger partial charge in [-0.3, -0.25) is 24.6 Å². The number of pyridine rings is 1. The van der Waals surface area contributed by atoms with Gasteiger partial charge in [0, 0.05) is 85.5 Å². The minimum atomic E-state index is -0.532. The van der Waals surface area contributed by atoms with Gasteiger partial charge in [0.1, 0.15) is 22.6 Å². The highest BCUT2D eigenvalue weighted by molar-refractivity contribution is 7.21. The summed E-state index contributed by atoms with van der Waals surface area (Å²) in [6.07, 6.45) is 5.24. The summed E-state index contributed by atoms with van der Waals surface area (Å²) < 4.78 is 16.3. The van der Waals surface area contributed by atoms with Crippen molar-refractivity contribution >= 4 is 72.9 Å². The lowest BCUT2D eigenvalue weighted by atomic mass is 9.60. The van der Waals surface area contributed by atoms with Gasteiger partial charge in [-0.25, -0.2) is 9.37 Å². The van der Waals surface area contributed by atoms with E-state index in [2.05, 4.69) is 60.2 Å². The summed E-state index contributed by atoms with van der Waals surface area (Å²) in [5.41, 5.74) is 3.39. The summed E-state index contributed by atoms with van der Waals surface area (Å²) in [6.45, 7) is 8.32. The summed E-state index contributed by atoms with van der Waals surface area (Å²) >= 11 is 1.54. The molecule has 4 aliphatic heterocycles. The number of benzene rings is 2. The zero-order chi connectivity index (χ0) is 34.9. The van der Waals surface area contributed by atoms with Gasteiger partial charge in [0.25, 0.3) is 5.91 Å². The predicted octanol–water partition coefficient (Wildman–Crippen LogP) is 4.92. The number of fused-ring (bicyclic) bond motifs is 5. The van der Waals surface area contributed by atoms with Crippen LogP contribution in [0.4, 0.5) is 27.3 Å². The normalized spacial score (nSPS) is 24.2. The van der Waals surface area contributed by atoms with Crippen LogP contribution in [0.5, 0.6) is 0 Å². The van der Waals surface area contributed by atoms with Crippen LogP contribution in [-0.2, 0) is 9.59 Å². The Morgan fingerprint density at radius 3 is 2.53 bits per heavy atom. The van der Waals surface area contributed by atoms with Crippen LogP contribution in [0, 0.1) is 11.2 Å². The van der Waals surface area contributed by atoms with Crippen molar-refractivity contribution in [2.24, 2.45) is 5.41 Å². The highest BCUT2D eigenvalue weighted by atomic mass is 32.1. The summed E-state index contributed by atoms with van der Waals surface area (Å²) in [5.74, 6) is 0.0797. The molecule has 1 spiro atoms. The maximum absolute atomic E-state index is 15.3. The van der Waals surface area contributed by atoms with Gasteiger partial charge in [-0.1, -0.05) is 0 Å². The summed E-state index contributed by atoms with van der Waals surface area (Å²) in [6, 6.07) is 13.7. The Kier molecular flexibility index (Phi) is 8.02. The molecule has 5 aliphatic rings. The molecule has 3 amide bonds. The maximum Gasteiger partial charge on any atom is 0.263 e. The van der Waals surface area contributed by atoms with Crippen LogP contribution in [0.15, 0.2) is 42.5 Å². The number of thiophene rings is 1. The lowest BCUT2D eigenvalue weighted by Gasteiger charge is -2.56. The van der Waals surface area contributed by atoms with Gasteiger partial charge in [0.2, 0.25) is 11.8 Å². The van der Waals surface area contributed by atoms with E-state index < -0.39 is 6.04 Å². The Balaban J connectivity index is 0.784. The zero-order valence-corrected chi connectivity index (χ0v) is 29.6. The molecular formula is C38H43FN8O3S. The first kappa shape index (κ1) is 32.4. The molecule has 11 nitrogen and oxygen atoms in total. The second-order valence-electron chi connectivity index (χ2n) is 15.1. The molecule has 1 unspecified atom stereocenters. The van der Waals surface area contributed by atoms with Gasteiger partial charge in [0.05, 0.1) is 16.9 Å². The number of nitrogens with zero attached hydrogens (tertiary/aromatic N) is 4. The number of hydrogen-bond donors (Lipinski definition) is 4. The SMILES string of the molecule is C[C@@H]1CNc2c(sc3ccc4nc(N5CCN(C6CC7(CCN(c8ccc(NC9CCC(=O)NC9=O)cc8F)CC7)C6)CC5)ccc4c23)C(=O)N1. The molecule has 266 valence electrons. The molecule has 2 aromatic carbocycles. The van der Waals surface area contributed by atoms with Crippen LogP contribution in [0.3, 0.4) is 0 Å². The van der Waals surface area contributed by atoms with E-state index in [9.17, 15) is 14.4 Å². The minimum Gasteiger partial charge on any atom is -0.381 e. The van der Waals surface area contributed by atoms with E-state index in [1.54, 1.807) is 0 Å². The van der Waals surface area contributed by atoms with Crippen molar-refractivity contribution in [2.45, 2.75) is 63.6 Å². The molecule has 51 heavy (non-hydrogen) atoms. The van der Waals surface area contributed by atoms with Gasteiger partial charge in [-0.2, -0.15) is 0 Å². The molecule has 2 atom stereocenters. The average molecular weight is 711 g/mol. The van der Waals surface area contributed by atoms with Crippen LogP contribution in [-0.4, -0.2) is 91.5 Å². The van der Waals surface area contributed by atoms with Gasteiger partial charge < -0.3 is 25.8 Å². The molecule has 0 radical (unpaired) electrons. The quantitative estimate of drug-likeness (QED) is 0.214. The Labute approximate surface area is 299 Å². The monoisotopic (exact) mass is 710 g/mol. The first-order valence-electron chi connectivity index (χ1n) is 18.3. The standard InChI is InChI=1S/C38H43FN8O3S/c1-22-21-40-34-33-25-3-8-31(43-27(25)4-7-30(33)51-35(34)37(50)41-22)47-16-14-45(15-17-47)24-19-38(20-24)10-12-46(13-11-38)29-6-2-23(18-26(29)39)42-28-5-9-32(48)44-36(28)49/h2-4,6-8,18,22,24,28,40,42H,5,9-17,19-21H2,1H3,(H,41,50)(H,44,48,49)/t22-,28?/m1/s1. The number of piperazine rings is 1. The Bertz CT molecular complexity index is 2050. The molecule has 4 fully saturated rings. The Morgan fingerprint density at radius 2 is 1.76 bits per heavy atom. The van der Waals surface area contributed by atoms with E-state index in [0.29, 0.717) is 35.8 Å². The lowest BCUT2D eigenvalue weighted by Crippen LogP contribution is -2.59. The second kappa shape index (κ2) is 12.6. The number of rotatable bonds is 5. The van der Waals surface area contributed by atoms with Crippen molar-refractivity contribution in [2.75, 3.05) is 66.2 Å². The number of imide groups is 1. The molecule has 1 saturated carbocycles. The zero-order valence-electron chi connectivity index (χ0n) is 28.8. The van der Waals surface area contributed by atoms with Gasteiger partial charge in [0.15, 0.2) is 0 Å². The van der Waals surface area contributed by atoms with Gasteiger partial charge in [-0.15, -0.1) is 11.3 Å². The predicted molar refractivity (Wildman–Crippen MR) is 199 cm³/mol. The first-order chi connectivity index (χ1) is 24.7. The summed E-state index contributed by atoms with van der Waals surface area (Å²) in [4.78, 5) is 49.4. The van der Waals surface area contributed by atoms with Crippen LogP contribution in [0.1, 0.15) is 55.1 Å². The van der Waals surface area contributed by atoms with Crippen molar-refractivity contribution in [3.8, 4) is 0 Å². The summed E-state index contributed by atoms with van der Waals surface area (Å²) in [5, 5.41) is 14.2. The van der Waals surface area contributed by atoms with Crippen molar-refractivity contribution in [3.05, 3.63) is 53.2 Å². The van der Waals surface area contributed by atoms with Crippen molar-refractivity contribution in [1.82, 2.24) is 20.5 Å². The molecule has 1 aliphatic carbocycles. The fraction of sp³-hybridized carbons (Fsp3) is 0.474. The largest absolute Gasteiger partial charge is 0.381 e. The smallest absolute Gasteiger partial charge is 0.263 e. The number of piperidine rings is 2. The van der Waals surface area contributed by atoms with E-state index >= 15 is 4.39 Å². The van der Waals surface area contributed by atoms with Crippen molar-refractivity contribution in [1.29, 1.82) is 0 Å². The van der Waals surface area contributed by atoms with Crippen LogP contribution < -0.4 is 31.1 Å². The molecule has 4 N–H and O–H groups in total. The third-order valence-electron chi connectivity index (χ3n) is 11.9. The molecule has 2 aromatic heterocycles. The highest BCUT2D eigenvalue weighted by Gasteiger charge is 2.48. The number of hydrogen-bond acceptors (Lipinski definition) is 10. The van der Waals surface area contributed by atoms with Gasteiger partial charge in [-0.05, 0) is 86.9 Å². The van der Waals surface area contributed by atoms with E-state index in [-0.39, 0.29) is 36.0 Å². The number of carbonyl (C=O) groups is 3. The number of amides is 3. The molecular weight excluding hydrogens is 668 g/mol. The van der Waals surface area contributed by atoms with Gasteiger partial charge >= 0.3 is 0 Å². The Hall–Kier alpha value is -4.49. The van der Waals surface area contributed by atoms with Crippen molar-refractivity contribution in [3.63, 3.8) is 0 Å². The number of aromatic nitrogens is 1. The second-order valence-corrected chi connectivity index (χ2v) is 16.2. The topological polar surface area (TPSA) is 122 Å². The number of anilines is 4. The van der Waals surface area contributed by atoms with E-state index in [0.717, 1.165) is 89.5 Å². The first-order valence-corrected chi connectivity index (χ1v) is 19.1. The lowest BCUT2D eigenvalue weighted by molar-refractivity contribution is -0.133. The van der Waals surface area contributed by atoms with E-state index in [4.69, 9.17) is 4.98 Å². The van der Waals surface area contributed by atoms with E-state index in [1.165, 1.54) is 30.2 Å². The highest BCUT2D eigenvalue weighted by Crippen LogP contribution is 2.51. The minimum absolute atomic E-state index is 0.0114. The van der Waals surface area contributed by atoms with E-state index in [1.807, 2.05) is 19.1 Å². The van der Waals surface area contributed by atoms with Crippen LogP contribution >= 0.6 is 11.3 Å². The van der Waals surface area contributed by atoms with Crippen LogP contribution in [0.2, 0.25) is 0 Å². The third kappa shape index (κ3) is 5.93. The van der Waals surface area contributed by atoms with Crippen molar-refractivity contribution < 1.29 is 18.8 Å². The number of carbonyl (C=O) groups excluding carboxylic acids is 3. The molecule has 6 heterocycles. The fourth-order valence-electron chi connectivity index (χ4n) is 8.92. The average Bonchev–Trinajstić information content (AvgIpc) is 3.44. The Morgan fingerprint density at radius 1 is 0.961 bits per heavy atom. The maximum atomic E-state index is 15.3. The molecule has 0 bridgehead atoms. The molecule has 3 saturated heterocycles. The number of nitrogens with one attached hydrogen (secondary N) is 4. The molecule has 4 aromatic rings. The van der Waals surface area contributed by atoms with Crippen LogP contribution in [0.25, 0.3) is 21.0 Å². The third-order valence-corrected chi connectivity index (χ3v) is 13.0.